The maximum absolute atomic E-state index is 13.6. The minimum Gasteiger partial charge on any atom is -0.497 e. The minimum absolute atomic E-state index is 0.124. The number of aromatic nitrogens is 2. The molecule has 0 aliphatic rings. The van der Waals surface area contributed by atoms with Gasteiger partial charge in [-0.15, -0.1) is 9.24 Å². The van der Waals surface area contributed by atoms with Crippen LogP contribution in [0.5, 0.6) is 5.75 Å². The predicted octanol–water partition coefficient (Wildman–Crippen LogP) is 4.37. The van der Waals surface area contributed by atoms with Crippen molar-refractivity contribution in [3.63, 3.8) is 0 Å². The Kier molecular flexibility index (Phi) is 6.66. The molecule has 3 aromatic carbocycles. The number of hydrogen-bond acceptors (Lipinski definition) is 8. The maximum atomic E-state index is 13.6. The van der Waals surface area contributed by atoms with E-state index < -0.39 is 0 Å². The first kappa shape index (κ1) is 24.2. The molecule has 184 valence electrons. The maximum Gasteiger partial charge on any atom is 0.200 e. The second kappa shape index (κ2) is 10.2. The summed E-state index contributed by atoms with van der Waals surface area (Å²) in [7, 11) is 4.22. The van der Waals surface area contributed by atoms with Gasteiger partial charge in [0.2, 0.25) is 5.43 Å². The second-order valence-electron chi connectivity index (χ2n) is 8.29. The number of para-hydroxylation sites is 1. The number of ether oxygens (including phenoxy) is 1. The van der Waals surface area contributed by atoms with Crippen molar-refractivity contribution >= 4 is 42.9 Å². The molecule has 8 nitrogen and oxygen atoms in total. The number of nitrogens with zero attached hydrogens (tertiary/aromatic N) is 2. The van der Waals surface area contributed by atoms with E-state index >= 15 is 0 Å². The molecule has 0 radical (unpaired) electrons. The lowest BCUT2D eigenvalue weighted by Gasteiger charge is -2.15. The third-order valence-electron chi connectivity index (χ3n) is 5.95. The first-order chi connectivity index (χ1) is 18.0. The SMILES string of the molecule is COc1cccc(C(=N)c2c(N)ncnc2NCc2oc3ccccc3c(=O)c2-c2cccc(P)c2)c1. The lowest BCUT2D eigenvalue weighted by Crippen LogP contribution is -2.16. The molecular formula is C28H24N5O3P. The molecule has 0 aliphatic carbocycles. The van der Waals surface area contributed by atoms with Crippen LogP contribution in [0.4, 0.5) is 11.6 Å². The number of methoxy groups -OCH3 is 1. The van der Waals surface area contributed by atoms with Gasteiger partial charge in [-0.25, -0.2) is 9.97 Å². The number of rotatable bonds is 7. The molecule has 0 amide bonds. The zero-order valence-corrected chi connectivity index (χ0v) is 21.1. The molecule has 37 heavy (non-hydrogen) atoms. The van der Waals surface area contributed by atoms with Crippen LogP contribution in [0.15, 0.2) is 88.3 Å². The van der Waals surface area contributed by atoms with Crippen molar-refractivity contribution < 1.29 is 9.15 Å². The van der Waals surface area contributed by atoms with Crippen LogP contribution in [0.25, 0.3) is 22.1 Å². The van der Waals surface area contributed by atoms with Gasteiger partial charge in [-0.2, -0.15) is 0 Å². The molecule has 0 aliphatic heterocycles. The topological polar surface area (TPSA) is 127 Å². The van der Waals surface area contributed by atoms with Crippen molar-refractivity contribution in [3.05, 3.63) is 106 Å². The average Bonchev–Trinajstić information content (AvgIpc) is 2.91. The van der Waals surface area contributed by atoms with Gasteiger partial charge in [0.1, 0.15) is 35.1 Å². The third-order valence-corrected chi connectivity index (χ3v) is 6.31. The van der Waals surface area contributed by atoms with Gasteiger partial charge in [-0.05, 0) is 41.2 Å². The summed E-state index contributed by atoms with van der Waals surface area (Å²) in [4.78, 5) is 22.0. The van der Waals surface area contributed by atoms with Crippen LogP contribution in [0.3, 0.4) is 0 Å². The lowest BCUT2D eigenvalue weighted by atomic mass is 10.0. The molecule has 2 aromatic heterocycles. The van der Waals surface area contributed by atoms with E-state index in [0.717, 1.165) is 10.9 Å². The van der Waals surface area contributed by atoms with Crippen LogP contribution < -0.4 is 26.5 Å². The van der Waals surface area contributed by atoms with E-state index in [1.165, 1.54) is 6.33 Å². The van der Waals surface area contributed by atoms with Gasteiger partial charge >= 0.3 is 0 Å². The summed E-state index contributed by atoms with van der Waals surface area (Å²) >= 11 is 0. The molecule has 2 heterocycles. The Morgan fingerprint density at radius 1 is 1.08 bits per heavy atom. The van der Waals surface area contributed by atoms with E-state index in [-0.39, 0.29) is 23.5 Å². The molecule has 0 saturated carbocycles. The molecular weight excluding hydrogens is 485 g/mol. The van der Waals surface area contributed by atoms with E-state index in [4.69, 9.17) is 20.3 Å². The first-order valence-corrected chi connectivity index (χ1v) is 12.0. The standard InChI is InChI=1S/C28H24N5O3P/c1-35-18-8-4-7-17(12-18)25(29)24-27(30)32-15-33-28(24)31-14-22-23(16-6-5-9-19(37)13-16)26(34)20-10-2-3-11-21(20)36-22/h2-13,15,29H,14,37H2,1H3,(H3,30,31,32,33). The summed E-state index contributed by atoms with van der Waals surface area (Å²) in [6.07, 6.45) is 1.33. The van der Waals surface area contributed by atoms with E-state index in [0.29, 0.717) is 45.0 Å². The highest BCUT2D eigenvalue weighted by Crippen LogP contribution is 2.27. The smallest absolute Gasteiger partial charge is 0.200 e. The Labute approximate surface area is 215 Å². The number of anilines is 2. The van der Waals surface area contributed by atoms with E-state index in [1.54, 1.807) is 43.5 Å². The molecule has 0 bridgehead atoms. The van der Waals surface area contributed by atoms with Crippen molar-refractivity contribution in [2.75, 3.05) is 18.2 Å². The molecule has 1 unspecified atom stereocenters. The van der Waals surface area contributed by atoms with Crippen LogP contribution in [-0.2, 0) is 6.54 Å². The van der Waals surface area contributed by atoms with E-state index in [2.05, 4.69) is 24.5 Å². The molecule has 4 N–H and O–H groups in total. The fraction of sp³-hybridized carbons (Fsp3) is 0.0714. The summed E-state index contributed by atoms with van der Waals surface area (Å²) in [5.41, 5.74) is 8.84. The van der Waals surface area contributed by atoms with Gasteiger partial charge in [0.05, 0.1) is 35.9 Å². The average molecular weight is 510 g/mol. The normalized spacial score (nSPS) is 10.9. The molecule has 0 spiro atoms. The number of nitrogen functional groups attached to an aromatic ring is 1. The van der Waals surface area contributed by atoms with Crippen LogP contribution in [-0.4, -0.2) is 22.8 Å². The molecule has 0 saturated heterocycles. The fourth-order valence-electron chi connectivity index (χ4n) is 4.17. The van der Waals surface area contributed by atoms with Crippen molar-refractivity contribution in [1.82, 2.24) is 9.97 Å². The van der Waals surface area contributed by atoms with E-state index in [1.807, 2.05) is 36.4 Å². The summed E-state index contributed by atoms with van der Waals surface area (Å²) in [6.45, 7) is 0.130. The van der Waals surface area contributed by atoms with Crippen LogP contribution >= 0.6 is 9.24 Å². The Morgan fingerprint density at radius 3 is 2.70 bits per heavy atom. The Balaban J connectivity index is 1.57. The van der Waals surface area contributed by atoms with Gasteiger partial charge < -0.3 is 20.2 Å². The number of benzene rings is 3. The summed E-state index contributed by atoms with van der Waals surface area (Å²) in [6, 6.07) is 21.9. The zero-order valence-electron chi connectivity index (χ0n) is 20.0. The Bertz CT molecular complexity index is 1700. The van der Waals surface area contributed by atoms with Gasteiger partial charge in [0, 0.05) is 5.56 Å². The fourth-order valence-corrected chi connectivity index (χ4v) is 4.46. The highest BCUT2D eigenvalue weighted by molar-refractivity contribution is 7.27. The van der Waals surface area contributed by atoms with Crippen LogP contribution in [0.2, 0.25) is 0 Å². The summed E-state index contributed by atoms with van der Waals surface area (Å²) < 4.78 is 11.5. The number of nitrogens with two attached hydrogens (primary N) is 1. The number of nitrogens with one attached hydrogen (secondary N) is 2. The first-order valence-electron chi connectivity index (χ1n) is 11.4. The third kappa shape index (κ3) is 4.79. The summed E-state index contributed by atoms with van der Waals surface area (Å²) in [5.74, 6) is 1.56. The van der Waals surface area contributed by atoms with Crippen molar-refractivity contribution in [3.8, 4) is 16.9 Å². The molecule has 0 fully saturated rings. The monoisotopic (exact) mass is 509 g/mol. The highest BCUT2D eigenvalue weighted by atomic mass is 31.0. The van der Waals surface area contributed by atoms with Gasteiger partial charge in [-0.3, -0.25) is 10.2 Å². The number of hydrogen-bond donors (Lipinski definition) is 3. The molecule has 5 aromatic rings. The molecule has 5 rings (SSSR count). The quantitative estimate of drug-likeness (QED) is 0.220. The predicted molar refractivity (Wildman–Crippen MR) is 150 cm³/mol. The zero-order chi connectivity index (χ0) is 25.9. The van der Waals surface area contributed by atoms with Crippen LogP contribution in [0.1, 0.15) is 16.9 Å². The Hall–Kier alpha value is -4.55. The van der Waals surface area contributed by atoms with Crippen molar-refractivity contribution in [1.29, 1.82) is 5.41 Å². The second-order valence-corrected chi connectivity index (χ2v) is 8.96. The molecule has 1 atom stereocenters. The van der Waals surface area contributed by atoms with Gasteiger partial charge in [0.15, 0.2) is 0 Å². The highest BCUT2D eigenvalue weighted by Gasteiger charge is 2.20. The van der Waals surface area contributed by atoms with Crippen molar-refractivity contribution in [2.24, 2.45) is 0 Å². The van der Waals surface area contributed by atoms with Crippen LogP contribution in [0, 0.1) is 5.41 Å². The van der Waals surface area contributed by atoms with Gasteiger partial charge in [-0.1, -0.05) is 42.5 Å². The largest absolute Gasteiger partial charge is 0.497 e. The minimum atomic E-state index is -0.124. The number of fused-ring (bicyclic) bond motifs is 1. The summed E-state index contributed by atoms with van der Waals surface area (Å²) in [5, 5.41) is 13.5. The van der Waals surface area contributed by atoms with E-state index in [9.17, 15) is 4.79 Å². The Morgan fingerprint density at radius 2 is 1.89 bits per heavy atom. The van der Waals surface area contributed by atoms with Crippen molar-refractivity contribution in [2.45, 2.75) is 6.54 Å². The molecule has 9 heteroatoms. The van der Waals surface area contributed by atoms with Gasteiger partial charge in [0.25, 0.3) is 0 Å². The lowest BCUT2D eigenvalue weighted by molar-refractivity contribution is 0.414.